The van der Waals surface area contributed by atoms with Crippen molar-refractivity contribution in [1.82, 2.24) is 0 Å². The highest BCUT2D eigenvalue weighted by Crippen LogP contribution is 2.20. The van der Waals surface area contributed by atoms with Crippen LogP contribution in [0.1, 0.15) is 18.1 Å². The van der Waals surface area contributed by atoms with E-state index in [0.29, 0.717) is 5.56 Å². The van der Waals surface area contributed by atoms with Gasteiger partial charge in [-0.15, -0.1) is 0 Å². The van der Waals surface area contributed by atoms with Gasteiger partial charge in [-0.05, 0) is 29.6 Å². The Morgan fingerprint density at radius 2 is 1.89 bits per heavy atom. The largest absolute Gasteiger partial charge is 0.390 e. The summed E-state index contributed by atoms with van der Waals surface area (Å²) in [5.74, 6) is 0. The van der Waals surface area contributed by atoms with Gasteiger partial charge in [-0.3, -0.25) is 0 Å². The molecule has 0 heterocycles. The number of primary sulfonamides is 1. The Bertz CT molecular complexity index is 566. The fraction of sp³-hybridized carbons (Fsp3) is 0.400. The number of hydrogen-bond acceptors (Lipinski definition) is 5. The summed E-state index contributed by atoms with van der Waals surface area (Å²) in [5.41, 5.74) is 8.44. The van der Waals surface area contributed by atoms with Crippen LogP contribution in [0, 0.1) is 0 Å². The third kappa shape index (κ3) is 4.51. The monoisotopic (exact) mass is 286 g/mol. The van der Waals surface area contributed by atoms with Gasteiger partial charge in [0.15, 0.2) is 0 Å². The van der Waals surface area contributed by atoms with Crippen LogP contribution in [-0.2, 0) is 10.0 Å². The van der Waals surface area contributed by atoms with Crippen LogP contribution in [0.3, 0.4) is 0 Å². The Morgan fingerprint density at radius 3 is 2.37 bits per heavy atom. The average Bonchev–Trinajstić information content (AvgIpc) is 2.37. The number of sulfonamides is 1. The molecule has 0 aliphatic carbocycles. The zero-order valence-electron chi connectivity index (χ0n) is 9.92. The lowest BCUT2D eigenvalue weighted by atomic mass is 10.0. The van der Waals surface area contributed by atoms with E-state index in [9.17, 15) is 18.6 Å². The van der Waals surface area contributed by atoms with Crippen molar-refractivity contribution in [3.63, 3.8) is 0 Å². The Labute approximate surface area is 110 Å². The van der Waals surface area contributed by atoms with E-state index in [1.54, 1.807) is 0 Å². The van der Waals surface area contributed by atoms with Gasteiger partial charge in [0.2, 0.25) is 10.0 Å². The number of hydrogen-bond donors (Lipinski definition) is 3. The van der Waals surface area contributed by atoms with Crippen molar-refractivity contribution >= 4 is 10.0 Å². The van der Waals surface area contributed by atoms with Gasteiger partial charge in [-0.2, -0.15) is 0 Å². The predicted octanol–water partition coefficient (Wildman–Crippen LogP) is 0.429. The summed E-state index contributed by atoms with van der Waals surface area (Å²) < 4.78 is 22.1. The van der Waals surface area contributed by atoms with Crippen molar-refractivity contribution in [3.8, 4) is 0 Å². The topological polar surface area (TPSA) is 149 Å². The summed E-state index contributed by atoms with van der Waals surface area (Å²) >= 11 is 0. The molecule has 2 unspecified atom stereocenters. The summed E-state index contributed by atoms with van der Waals surface area (Å²) in [5, 5.41) is 27.7. The minimum atomic E-state index is -3.78. The second-order valence-electron chi connectivity index (χ2n) is 3.87. The fourth-order valence-corrected chi connectivity index (χ4v) is 1.98. The second-order valence-corrected chi connectivity index (χ2v) is 5.43. The lowest BCUT2D eigenvalue weighted by Crippen LogP contribution is -2.19. The van der Waals surface area contributed by atoms with Crippen molar-refractivity contribution in [1.29, 1.82) is 0 Å². The number of aliphatic hydroxyl groups excluding tert-OH is 2. The second kappa shape index (κ2) is 6.50. The van der Waals surface area contributed by atoms with Crippen LogP contribution in [-0.4, -0.2) is 31.3 Å². The summed E-state index contributed by atoms with van der Waals surface area (Å²) in [4.78, 5) is 2.45. The van der Waals surface area contributed by atoms with E-state index < -0.39 is 22.2 Å². The van der Waals surface area contributed by atoms with Crippen LogP contribution in [0.2, 0.25) is 0 Å². The molecule has 0 saturated heterocycles. The highest BCUT2D eigenvalue weighted by atomic mass is 32.2. The zero-order chi connectivity index (χ0) is 14.5. The molecule has 8 nitrogen and oxygen atoms in total. The third-order valence-electron chi connectivity index (χ3n) is 2.50. The normalized spacial score (nSPS) is 14.5. The van der Waals surface area contributed by atoms with E-state index in [-0.39, 0.29) is 17.9 Å². The lowest BCUT2D eigenvalue weighted by Gasteiger charge is -2.17. The van der Waals surface area contributed by atoms with E-state index in [4.69, 9.17) is 10.7 Å². The first kappa shape index (κ1) is 15.4. The Balaban J connectivity index is 2.77. The first-order valence-electron chi connectivity index (χ1n) is 5.36. The SMILES string of the molecule is [N-]=[N+]=NCCC(O)C(O)c1ccc(S(N)(=O)=O)cc1. The molecule has 0 saturated carbocycles. The molecule has 104 valence electrons. The maximum Gasteiger partial charge on any atom is 0.238 e. The quantitative estimate of drug-likeness (QED) is 0.394. The number of rotatable bonds is 6. The Kier molecular flexibility index (Phi) is 5.28. The van der Waals surface area contributed by atoms with Crippen LogP contribution >= 0.6 is 0 Å². The molecule has 1 aromatic rings. The fourth-order valence-electron chi connectivity index (χ4n) is 1.47. The van der Waals surface area contributed by atoms with Gasteiger partial charge in [-0.1, -0.05) is 17.2 Å². The van der Waals surface area contributed by atoms with Gasteiger partial charge < -0.3 is 10.2 Å². The van der Waals surface area contributed by atoms with E-state index >= 15 is 0 Å². The van der Waals surface area contributed by atoms with Crippen molar-refractivity contribution < 1.29 is 18.6 Å². The molecule has 0 spiro atoms. The highest BCUT2D eigenvalue weighted by Gasteiger charge is 2.18. The predicted molar refractivity (Wildman–Crippen MR) is 67.4 cm³/mol. The van der Waals surface area contributed by atoms with Crippen LogP contribution in [0.4, 0.5) is 0 Å². The van der Waals surface area contributed by atoms with Crippen LogP contribution < -0.4 is 5.14 Å². The van der Waals surface area contributed by atoms with Crippen LogP contribution in [0.25, 0.3) is 10.4 Å². The Morgan fingerprint density at radius 1 is 1.32 bits per heavy atom. The maximum absolute atomic E-state index is 11.0. The molecular weight excluding hydrogens is 272 g/mol. The van der Waals surface area contributed by atoms with E-state index in [1.165, 1.54) is 24.3 Å². The van der Waals surface area contributed by atoms with Gasteiger partial charge in [-0.25, -0.2) is 13.6 Å². The molecule has 1 rings (SSSR count). The molecule has 0 bridgehead atoms. The third-order valence-corrected chi connectivity index (χ3v) is 3.43. The summed E-state index contributed by atoms with van der Waals surface area (Å²) in [6.45, 7) is 0.0595. The van der Waals surface area contributed by atoms with Crippen molar-refractivity contribution in [2.24, 2.45) is 10.3 Å². The molecule has 2 atom stereocenters. The Hall–Kier alpha value is -1.64. The minimum Gasteiger partial charge on any atom is -0.390 e. The molecule has 4 N–H and O–H groups in total. The van der Waals surface area contributed by atoms with E-state index in [2.05, 4.69) is 10.0 Å². The summed E-state index contributed by atoms with van der Waals surface area (Å²) in [6.07, 6.45) is -2.20. The highest BCUT2D eigenvalue weighted by molar-refractivity contribution is 7.89. The summed E-state index contributed by atoms with van der Waals surface area (Å²) in [7, 11) is -3.78. The molecule has 19 heavy (non-hydrogen) atoms. The molecule has 1 aromatic carbocycles. The average molecular weight is 286 g/mol. The van der Waals surface area contributed by atoms with Crippen molar-refractivity contribution in [3.05, 3.63) is 40.3 Å². The number of azide groups is 1. The smallest absolute Gasteiger partial charge is 0.238 e. The minimum absolute atomic E-state index is 0.0595. The van der Waals surface area contributed by atoms with Crippen LogP contribution in [0.5, 0.6) is 0 Å². The molecule has 0 aliphatic heterocycles. The van der Waals surface area contributed by atoms with E-state index in [1.807, 2.05) is 0 Å². The maximum atomic E-state index is 11.0. The zero-order valence-corrected chi connectivity index (χ0v) is 10.7. The number of benzene rings is 1. The molecule has 0 aliphatic rings. The first-order valence-corrected chi connectivity index (χ1v) is 6.90. The van der Waals surface area contributed by atoms with Gasteiger partial charge in [0.1, 0.15) is 6.10 Å². The molecule has 0 fully saturated rings. The standard InChI is InChI=1S/C10H14N4O4S/c11-14-13-6-5-9(15)10(16)7-1-3-8(4-2-7)19(12,17)18/h1-4,9-10,15-16H,5-6H2,(H2,12,17,18). The molecule has 0 amide bonds. The molecule has 0 radical (unpaired) electrons. The summed E-state index contributed by atoms with van der Waals surface area (Å²) in [6, 6.07) is 5.21. The first-order chi connectivity index (χ1) is 8.86. The van der Waals surface area contributed by atoms with Gasteiger partial charge in [0.25, 0.3) is 0 Å². The van der Waals surface area contributed by atoms with Gasteiger partial charge in [0, 0.05) is 11.5 Å². The lowest BCUT2D eigenvalue weighted by molar-refractivity contribution is 0.0150. The van der Waals surface area contributed by atoms with E-state index in [0.717, 1.165) is 0 Å². The number of nitrogens with zero attached hydrogens (tertiary/aromatic N) is 3. The molecule has 0 aromatic heterocycles. The molecular formula is C10H14N4O4S. The van der Waals surface area contributed by atoms with Crippen molar-refractivity contribution in [2.75, 3.05) is 6.54 Å². The number of nitrogens with two attached hydrogens (primary N) is 1. The van der Waals surface area contributed by atoms with Crippen LogP contribution in [0.15, 0.2) is 34.3 Å². The number of aliphatic hydroxyl groups is 2. The van der Waals surface area contributed by atoms with Gasteiger partial charge >= 0.3 is 0 Å². The van der Waals surface area contributed by atoms with Crippen molar-refractivity contribution in [2.45, 2.75) is 23.5 Å². The molecule has 9 heteroatoms. The van der Waals surface area contributed by atoms with Gasteiger partial charge in [0.05, 0.1) is 11.0 Å².